The van der Waals surface area contributed by atoms with Crippen molar-refractivity contribution in [1.29, 1.82) is 0 Å². The van der Waals surface area contributed by atoms with Gasteiger partial charge < -0.3 is 9.16 Å². The molecule has 0 aliphatic heterocycles. The quantitative estimate of drug-likeness (QED) is 0.266. The van der Waals surface area contributed by atoms with Crippen LogP contribution in [0.15, 0.2) is 54.6 Å². The van der Waals surface area contributed by atoms with Gasteiger partial charge in [-0.3, -0.25) is 0 Å². The maximum absolute atomic E-state index is 12.1. The molecule has 1 atom stereocenters. The molecule has 0 saturated heterocycles. The van der Waals surface area contributed by atoms with E-state index in [0.29, 0.717) is 12.2 Å². The SMILES string of the molecule is CCOC(=O)c1ccc2cc(-c3ccc4c(c3)C(O[Si](C)(C)C(C)(C)C)CCC4(C)C)ccc2c1. The molecular formula is C31H40O3Si. The Kier molecular flexibility index (Phi) is 6.76. The van der Waals surface area contributed by atoms with E-state index < -0.39 is 8.32 Å². The van der Waals surface area contributed by atoms with E-state index in [4.69, 9.17) is 9.16 Å². The number of rotatable bonds is 5. The topological polar surface area (TPSA) is 35.5 Å². The maximum atomic E-state index is 12.1. The van der Waals surface area contributed by atoms with Crippen LogP contribution in [-0.4, -0.2) is 20.9 Å². The van der Waals surface area contributed by atoms with Crippen LogP contribution in [0.2, 0.25) is 18.1 Å². The Balaban J connectivity index is 1.72. The molecule has 1 aliphatic carbocycles. The van der Waals surface area contributed by atoms with Crippen LogP contribution in [0, 0.1) is 0 Å². The lowest BCUT2D eigenvalue weighted by Crippen LogP contribution is -2.43. The Morgan fingerprint density at radius 1 is 0.971 bits per heavy atom. The van der Waals surface area contributed by atoms with Crippen LogP contribution in [-0.2, 0) is 14.6 Å². The second kappa shape index (κ2) is 9.22. The number of benzene rings is 3. The smallest absolute Gasteiger partial charge is 0.338 e. The number of carbonyl (C=O) groups excluding carboxylic acids is 1. The number of hydrogen-bond acceptors (Lipinski definition) is 3. The monoisotopic (exact) mass is 488 g/mol. The number of hydrogen-bond donors (Lipinski definition) is 0. The predicted octanol–water partition coefficient (Wildman–Crippen LogP) is 8.82. The molecule has 3 aromatic rings. The molecule has 1 aliphatic rings. The number of carbonyl (C=O) groups is 1. The summed E-state index contributed by atoms with van der Waals surface area (Å²) in [6, 6.07) is 19.2. The molecule has 0 heterocycles. The molecule has 4 rings (SSSR count). The minimum absolute atomic E-state index is 0.145. The van der Waals surface area contributed by atoms with Crippen LogP contribution in [0.1, 0.15) is 82.0 Å². The molecule has 0 saturated carbocycles. The van der Waals surface area contributed by atoms with Crippen molar-refractivity contribution in [3.05, 3.63) is 71.3 Å². The molecule has 0 bridgehead atoms. The Morgan fingerprint density at radius 2 is 1.60 bits per heavy atom. The molecule has 4 heteroatoms. The van der Waals surface area contributed by atoms with Crippen molar-refractivity contribution >= 4 is 25.1 Å². The van der Waals surface area contributed by atoms with Crippen LogP contribution in [0.3, 0.4) is 0 Å². The Bertz CT molecular complexity index is 1250. The van der Waals surface area contributed by atoms with Crippen molar-refractivity contribution in [3.63, 3.8) is 0 Å². The highest BCUT2D eigenvalue weighted by Gasteiger charge is 2.42. The molecule has 186 valence electrons. The number of fused-ring (bicyclic) bond motifs is 2. The van der Waals surface area contributed by atoms with Gasteiger partial charge in [-0.2, -0.15) is 0 Å². The fourth-order valence-electron chi connectivity index (χ4n) is 4.83. The molecule has 0 spiro atoms. The highest BCUT2D eigenvalue weighted by atomic mass is 28.4. The first-order valence-electron chi connectivity index (χ1n) is 12.9. The highest BCUT2D eigenvalue weighted by molar-refractivity contribution is 6.74. The van der Waals surface area contributed by atoms with E-state index in [9.17, 15) is 4.79 Å². The van der Waals surface area contributed by atoms with E-state index in [-0.39, 0.29) is 22.5 Å². The summed E-state index contributed by atoms with van der Waals surface area (Å²) in [7, 11) is -1.90. The van der Waals surface area contributed by atoms with E-state index in [0.717, 1.165) is 23.6 Å². The standard InChI is InChI=1S/C31H40O3Si/c1-9-33-29(32)25-13-12-21-18-22(10-11-23(21)19-25)24-14-15-27-26(20-24)28(16-17-31(27,5)6)34-35(7,8)30(2,3)4/h10-15,18-20,28H,9,16-17H2,1-8H3. The van der Waals surface area contributed by atoms with Crippen LogP contribution in [0.25, 0.3) is 21.9 Å². The molecule has 0 radical (unpaired) electrons. The van der Waals surface area contributed by atoms with E-state index in [1.54, 1.807) is 0 Å². The van der Waals surface area contributed by atoms with Gasteiger partial charge in [-0.05, 0) is 101 Å². The lowest BCUT2D eigenvalue weighted by atomic mass is 9.71. The molecular weight excluding hydrogens is 448 g/mol. The zero-order chi connectivity index (χ0) is 25.6. The van der Waals surface area contributed by atoms with Gasteiger partial charge in [-0.15, -0.1) is 0 Å². The van der Waals surface area contributed by atoms with Crippen molar-refractivity contribution < 1.29 is 14.0 Å². The Hall–Kier alpha value is -2.43. The summed E-state index contributed by atoms with van der Waals surface area (Å²) in [4.78, 5) is 12.1. The third-order valence-corrected chi connectivity index (χ3v) is 12.6. The molecule has 0 N–H and O–H groups in total. The van der Waals surface area contributed by atoms with Gasteiger partial charge in [-0.1, -0.05) is 65.0 Å². The van der Waals surface area contributed by atoms with Gasteiger partial charge in [0.25, 0.3) is 0 Å². The van der Waals surface area contributed by atoms with Crippen molar-refractivity contribution in [2.75, 3.05) is 6.61 Å². The van der Waals surface area contributed by atoms with Crippen molar-refractivity contribution in [2.24, 2.45) is 0 Å². The summed E-state index contributed by atoms with van der Waals surface area (Å²) in [5.74, 6) is -0.274. The largest absolute Gasteiger partial charge is 0.462 e. The van der Waals surface area contributed by atoms with Crippen molar-refractivity contribution in [1.82, 2.24) is 0 Å². The van der Waals surface area contributed by atoms with Crippen LogP contribution < -0.4 is 0 Å². The average molecular weight is 489 g/mol. The van der Waals surface area contributed by atoms with Crippen LogP contribution in [0.5, 0.6) is 0 Å². The minimum Gasteiger partial charge on any atom is -0.462 e. The molecule has 35 heavy (non-hydrogen) atoms. The van der Waals surface area contributed by atoms with Crippen LogP contribution >= 0.6 is 0 Å². The first-order chi connectivity index (χ1) is 16.3. The second-order valence-electron chi connectivity index (χ2n) is 12.1. The summed E-state index contributed by atoms with van der Waals surface area (Å²) in [5.41, 5.74) is 5.89. The normalized spacial score (nSPS) is 17.8. The third kappa shape index (κ3) is 5.10. The van der Waals surface area contributed by atoms with E-state index in [1.165, 1.54) is 22.3 Å². The van der Waals surface area contributed by atoms with Crippen LogP contribution in [0.4, 0.5) is 0 Å². The van der Waals surface area contributed by atoms with Crippen molar-refractivity contribution in [3.8, 4) is 11.1 Å². The molecule has 1 unspecified atom stereocenters. The number of esters is 1. The van der Waals surface area contributed by atoms with Crippen molar-refractivity contribution in [2.45, 2.75) is 84.0 Å². The summed E-state index contributed by atoms with van der Waals surface area (Å²) in [6.07, 6.45) is 2.34. The zero-order valence-corrected chi connectivity index (χ0v) is 23.6. The first-order valence-corrected chi connectivity index (χ1v) is 15.8. The third-order valence-electron chi connectivity index (χ3n) is 8.09. The van der Waals surface area contributed by atoms with E-state index in [2.05, 4.69) is 84.1 Å². The Morgan fingerprint density at radius 3 is 2.29 bits per heavy atom. The highest BCUT2D eigenvalue weighted by Crippen LogP contribution is 2.48. The van der Waals surface area contributed by atoms with Gasteiger partial charge in [0.1, 0.15) is 0 Å². The molecule has 3 nitrogen and oxygen atoms in total. The minimum atomic E-state index is -1.90. The fraction of sp³-hybridized carbons (Fsp3) is 0.452. The van der Waals surface area contributed by atoms with E-state index >= 15 is 0 Å². The Labute approximate surface area is 212 Å². The van der Waals surface area contributed by atoms with Gasteiger partial charge in [0.05, 0.1) is 18.3 Å². The fourth-order valence-corrected chi connectivity index (χ4v) is 6.14. The zero-order valence-electron chi connectivity index (χ0n) is 22.6. The predicted molar refractivity (Wildman–Crippen MR) is 149 cm³/mol. The molecule has 0 aromatic heterocycles. The summed E-state index contributed by atoms with van der Waals surface area (Å²) in [6.45, 7) is 18.5. The lowest BCUT2D eigenvalue weighted by Gasteiger charge is -2.44. The van der Waals surface area contributed by atoms with E-state index in [1.807, 2.05) is 25.1 Å². The van der Waals surface area contributed by atoms with Gasteiger partial charge in [0, 0.05) is 0 Å². The molecule has 0 fully saturated rings. The number of ether oxygens (including phenoxy) is 1. The van der Waals surface area contributed by atoms with Gasteiger partial charge in [0.15, 0.2) is 8.32 Å². The maximum Gasteiger partial charge on any atom is 0.338 e. The van der Waals surface area contributed by atoms with Gasteiger partial charge in [0.2, 0.25) is 0 Å². The molecule has 0 amide bonds. The van der Waals surface area contributed by atoms with Gasteiger partial charge in [-0.25, -0.2) is 4.79 Å². The summed E-state index contributed by atoms with van der Waals surface area (Å²) >= 11 is 0. The summed E-state index contributed by atoms with van der Waals surface area (Å²) < 4.78 is 12.1. The first kappa shape index (κ1) is 25.7. The average Bonchev–Trinajstić information content (AvgIpc) is 2.79. The van der Waals surface area contributed by atoms with Gasteiger partial charge >= 0.3 is 5.97 Å². The summed E-state index contributed by atoms with van der Waals surface area (Å²) in [5, 5.41) is 2.33. The second-order valence-corrected chi connectivity index (χ2v) is 16.8. The molecule has 3 aromatic carbocycles. The lowest BCUT2D eigenvalue weighted by molar-refractivity contribution is 0.0526.